The third-order valence-corrected chi connectivity index (χ3v) is 2.13. The first-order valence-corrected chi connectivity index (χ1v) is 8.88. The Labute approximate surface area is 186 Å². The summed E-state index contributed by atoms with van der Waals surface area (Å²) in [6.07, 6.45) is 0. The van der Waals surface area contributed by atoms with Crippen LogP contribution in [0.3, 0.4) is 0 Å². The summed E-state index contributed by atoms with van der Waals surface area (Å²) < 4.78 is 10.3. The van der Waals surface area contributed by atoms with Crippen LogP contribution >= 0.6 is 0 Å². The second-order valence-corrected chi connectivity index (χ2v) is 7.80. The Kier molecular flexibility index (Phi) is 17.5. The Balaban J connectivity index is -0.000000336. The van der Waals surface area contributed by atoms with Gasteiger partial charge >= 0.3 is 19.5 Å². The molecule has 0 spiro atoms. The monoisotopic (exact) mass is 466 g/mol. The smallest absolute Gasteiger partial charge is 0.550 e. The molecule has 0 saturated carbocycles. The molecule has 0 saturated heterocycles. The number of carbonyl (C=O) groups excluding carboxylic acids is 2. The molecule has 0 aliphatic carbocycles. The number of ether oxygens (including phenoxy) is 2. The fourth-order valence-electron chi connectivity index (χ4n) is 1.46. The number of carboxylic acids is 2. The van der Waals surface area contributed by atoms with Crippen LogP contribution in [-0.2, 0) is 38.5 Å². The molecule has 0 aromatic heterocycles. The molecule has 2 aliphatic rings. The van der Waals surface area contributed by atoms with E-state index in [0.717, 1.165) is 40.2 Å². The number of nitrogens with one attached hydrogen (secondary N) is 2. The molecule has 2 N–H and O–H groups in total. The third-order valence-electron chi connectivity index (χ3n) is 2.13. The molecule has 164 valence electrons. The van der Waals surface area contributed by atoms with Crippen molar-refractivity contribution in [2.75, 3.05) is 26.3 Å². The molecule has 11 heteroatoms. The second-order valence-electron chi connectivity index (χ2n) is 7.80. The van der Waals surface area contributed by atoms with Gasteiger partial charge in [0.2, 0.25) is 0 Å². The van der Waals surface area contributed by atoms with E-state index in [1.165, 1.54) is 0 Å². The fourth-order valence-corrected chi connectivity index (χ4v) is 1.46. The number of carboxylic acid groups (broad SMARTS) is 2. The van der Waals surface area contributed by atoms with Gasteiger partial charge in [0.1, 0.15) is 13.2 Å². The van der Waals surface area contributed by atoms with Crippen molar-refractivity contribution in [3.05, 3.63) is 0 Å². The second kappa shape index (κ2) is 16.0. The zero-order chi connectivity index (χ0) is 22.4. The van der Waals surface area contributed by atoms with E-state index < -0.39 is 11.9 Å². The summed E-state index contributed by atoms with van der Waals surface area (Å²) in [6.45, 7) is 17.4. The first kappa shape index (κ1) is 31.8. The molecule has 2 heterocycles. The molecule has 0 aromatic carbocycles. The Morgan fingerprint density at radius 2 is 1.03 bits per heavy atom. The summed E-state index contributed by atoms with van der Waals surface area (Å²) in [5.74, 6) is -2.17. The van der Waals surface area contributed by atoms with Crippen molar-refractivity contribution in [1.29, 1.82) is 0 Å². The molecule has 0 amide bonds. The molecule has 2 rings (SSSR count). The van der Waals surface area contributed by atoms with Crippen molar-refractivity contribution in [2.24, 2.45) is 9.98 Å². The maximum atomic E-state index is 8.89. The standard InChI is InChI=1S/2C7H14N2O.2C2H4O2.Zn/c2*1-7(2,3)9-6-8-4-5-10-6;2*1-2(3)4;/h2*4-5H2,1-3H3,(H,8,9);2*1H3,(H,3,4);/q;;;;+2/p-2. The Morgan fingerprint density at radius 1 is 0.793 bits per heavy atom. The normalized spacial score (nSPS) is 14.2. The molecular formula is C18H34N4O6Zn. The average molecular weight is 468 g/mol. The zero-order valence-electron chi connectivity index (χ0n) is 18.9. The average Bonchev–Trinajstić information content (AvgIpc) is 3.08. The van der Waals surface area contributed by atoms with Crippen LogP contribution in [0.2, 0.25) is 0 Å². The van der Waals surface area contributed by atoms with Crippen LogP contribution in [0, 0.1) is 0 Å². The first-order valence-electron chi connectivity index (χ1n) is 8.88. The summed E-state index contributed by atoms with van der Waals surface area (Å²) in [5, 5.41) is 24.1. The van der Waals surface area contributed by atoms with Crippen LogP contribution in [0.5, 0.6) is 0 Å². The number of rotatable bonds is 0. The summed E-state index contributed by atoms with van der Waals surface area (Å²) in [6, 6.07) is 1.38. The number of hydrogen-bond acceptors (Lipinski definition) is 10. The summed E-state index contributed by atoms with van der Waals surface area (Å²) in [4.78, 5) is 26.0. The van der Waals surface area contributed by atoms with Gasteiger partial charge in [-0.3, -0.25) is 0 Å². The van der Waals surface area contributed by atoms with Gasteiger partial charge in [0.15, 0.2) is 0 Å². The molecule has 29 heavy (non-hydrogen) atoms. The van der Waals surface area contributed by atoms with Crippen molar-refractivity contribution in [1.82, 2.24) is 10.6 Å². The molecular weight excluding hydrogens is 434 g/mol. The Bertz CT molecular complexity index is 483. The van der Waals surface area contributed by atoms with Crippen molar-refractivity contribution in [2.45, 2.75) is 66.5 Å². The number of hydrogen-bond donors (Lipinski definition) is 2. The molecule has 0 radical (unpaired) electrons. The van der Waals surface area contributed by atoms with Crippen molar-refractivity contribution < 1.29 is 48.8 Å². The molecule has 0 bridgehead atoms. The van der Waals surface area contributed by atoms with Gasteiger partial charge in [-0.05, 0) is 55.4 Å². The van der Waals surface area contributed by atoms with E-state index in [4.69, 9.17) is 29.3 Å². The molecule has 10 nitrogen and oxygen atoms in total. The maximum Gasteiger partial charge on any atom is 2.00 e. The van der Waals surface area contributed by atoms with Crippen molar-refractivity contribution in [3.8, 4) is 0 Å². The first-order chi connectivity index (χ1) is 12.6. The van der Waals surface area contributed by atoms with Gasteiger partial charge < -0.3 is 39.9 Å². The zero-order valence-corrected chi connectivity index (χ0v) is 21.8. The quantitative estimate of drug-likeness (QED) is 0.432. The summed E-state index contributed by atoms with van der Waals surface area (Å²) in [7, 11) is 0. The number of aliphatic imine (C=N–C) groups is 2. The fraction of sp³-hybridized carbons (Fsp3) is 0.778. The Morgan fingerprint density at radius 3 is 1.17 bits per heavy atom. The maximum absolute atomic E-state index is 8.89. The van der Waals surface area contributed by atoms with Gasteiger partial charge in [0.25, 0.3) is 12.0 Å². The number of carbonyl (C=O) groups is 2. The Hall–Kier alpha value is -1.90. The van der Waals surface area contributed by atoms with E-state index in [0.29, 0.717) is 12.0 Å². The van der Waals surface area contributed by atoms with Gasteiger partial charge in [0.05, 0.1) is 13.1 Å². The van der Waals surface area contributed by atoms with E-state index in [1.54, 1.807) is 0 Å². The summed E-state index contributed by atoms with van der Waals surface area (Å²) in [5.41, 5.74) is 0.117. The van der Waals surface area contributed by atoms with Gasteiger partial charge in [-0.25, -0.2) is 9.98 Å². The van der Waals surface area contributed by atoms with E-state index >= 15 is 0 Å². The van der Waals surface area contributed by atoms with Gasteiger partial charge in [-0.1, -0.05) is 0 Å². The van der Waals surface area contributed by atoms with Gasteiger partial charge in [-0.2, -0.15) is 0 Å². The van der Waals surface area contributed by atoms with E-state index in [9.17, 15) is 0 Å². The van der Waals surface area contributed by atoms with Crippen LogP contribution in [0.1, 0.15) is 55.4 Å². The predicted molar refractivity (Wildman–Crippen MR) is 104 cm³/mol. The number of amidine groups is 2. The largest absolute Gasteiger partial charge is 2.00 e. The van der Waals surface area contributed by atoms with Crippen LogP contribution in [-0.4, -0.2) is 61.4 Å². The third kappa shape index (κ3) is 31.0. The molecule has 2 aliphatic heterocycles. The van der Waals surface area contributed by atoms with Crippen LogP contribution in [0.4, 0.5) is 0 Å². The SMILES string of the molecule is CC(=O)[O-].CC(=O)[O-].CC(C)(C)NC1=NCCO1.CC(C)(C)NC1=NCCO1.[Zn+2]. The molecule has 0 fully saturated rings. The van der Waals surface area contributed by atoms with Crippen molar-refractivity contribution in [3.63, 3.8) is 0 Å². The van der Waals surface area contributed by atoms with E-state index in [-0.39, 0.29) is 30.6 Å². The number of aliphatic carboxylic acids is 2. The minimum atomic E-state index is -1.08. The minimum Gasteiger partial charge on any atom is -0.550 e. The van der Waals surface area contributed by atoms with E-state index in [1.807, 2.05) is 0 Å². The van der Waals surface area contributed by atoms with Crippen LogP contribution < -0.4 is 20.8 Å². The van der Waals surface area contributed by atoms with Gasteiger partial charge in [-0.15, -0.1) is 0 Å². The molecule has 0 aromatic rings. The minimum absolute atomic E-state index is 0. The van der Waals surface area contributed by atoms with E-state index in [2.05, 4.69) is 62.2 Å². The molecule has 0 unspecified atom stereocenters. The number of nitrogens with zero attached hydrogens (tertiary/aromatic N) is 2. The molecule has 0 atom stereocenters. The predicted octanol–water partition coefficient (Wildman–Crippen LogP) is -0.969. The van der Waals surface area contributed by atoms with Crippen molar-refractivity contribution >= 4 is 24.0 Å². The van der Waals surface area contributed by atoms with Crippen LogP contribution in [0.15, 0.2) is 9.98 Å². The summed E-state index contributed by atoms with van der Waals surface area (Å²) >= 11 is 0. The van der Waals surface area contributed by atoms with Gasteiger partial charge in [0, 0.05) is 23.0 Å². The van der Waals surface area contributed by atoms with Crippen LogP contribution in [0.25, 0.3) is 0 Å². The topological polar surface area (TPSA) is 147 Å².